The fraction of sp³-hybridized carbons (Fsp3) is 0.0811. The first-order valence-corrected chi connectivity index (χ1v) is 13.9. The molecule has 7 nitrogen and oxygen atoms in total. The molecule has 6 aromatic rings. The molecular weight excluding hydrogens is 743 g/mol. The second-order valence-corrected chi connectivity index (χ2v) is 9.91. The molecule has 45 heavy (non-hydrogen) atoms. The third kappa shape index (κ3) is 5.86. The molecule has 0 spiro atoms. The monoisotopic (exact) mass is 770 g/mol. The van der Waals surface area contributed by atoms with E-state index >= 15 is 0 Å². The molecule has 1 radical (unpaired) electrons. The van der Waals surface area contributed by atoms with Gasteiger partial charge in [-0.1, -0.05) is 35.9 Å². The number of rotatable bonds is 6. The number of benzene rings is 3. The van der Waals surface area contributed by atoms with Gasteiger partial charge in [0.05, 0.1) is 25.3 Å². The minimum Gasteiger partial charge on any atom is -0.554 e. The van der Waals surface area contributed by atoms with Crippen LogP contribution < -0.4 is 9.47 Å². The number of methoxy groups -OCH3 is 2. The van der Waals surface area contributed by atoms with Gasteiger partial charge in [0.25, 0.3) is 0 Å². The van der Waals surface area contributed by atoms with Crippen molar-refractivity contribution in [3.8, 4) is 33.9 Å². The second-order valence-electron chi connectivity index (χ2n) is 9.91. The number of hydrogen-bond acceptors (Lipinski definition) is 6. The molecule has 8 heteroatoms. The Bertz CT molecular complexity index is 1870. The summed E-state index contributed by atoms with van der Waals surface area (Å²) in [5.41, 5.74) is 7.03. The Balaban J connectivity index is 0.000000347. The first-order valence-electron chi connectivity index (χ1n) is 13.9. The summed E-state index contributed by atoms with van der Waals surface area (Å²) >= 11 is 0. The Hall–Kier alpha value is -5.17. The minimum absolute atomic E-state index is 0. The van der Waals surface area contributed by atoms with Crippen molar-refractivity contribution < 1.29 is 39.5 Å². The molecule has 0 bridgehead atoms. The van der Waals surface area contributed by atoms with Crippen LogP contribution in [0.1, 0.15) is 33.0 Å². The molecule has 3 heterocycles. The van der Waals surface area contributed by atoms with Crippen molar-refractivity contribution in [3.05, 3.63) is 162 Å². The average Bonchev–Trinajstić information content (AvgIpc) is 3.39. The van der Waals surface area contributed by atoms with Crippen LogP contribution in [0.25, 0.3) is 22.4 Å². The molecule has 1 N–H and O–H groups in total. The van der Waals surface area contributed by atoms with Gasteiger partial charge < -0.3 is 14.6 Å². The Kier molecular flexibility index (Phi) is 9.47. The third-order valence-electron chi connectivity index (χ3n) is 7.50. The van der Waals surface area contributed by atoms with Crippen LogP contribution in [0.4, 0.5) is 0 Å². The van der Waals surface area contributed by atoms with Gasteiger partial charge in [0.15, 0.2) is 0 Å². The van der Waals surface area contributed by atoms with E-state index in [2.05, 4.69) is 47.4 Å². The van der Waals surface area contributed by atoms with Crippen molar-refractivity contribution in [1.29, 1.82) is 0 Å². The van der Waals surface area contributed by atoms with Crippen LogP contribution in [0, 0.1) is 12.1 Å². The number of aromatic carboxylic acids is 1. The molecule has 0 unspecified atom stereocenters. The molecule has 3 aromatic heterocycles. The van der Waals surface area contributed by atoms with E-state index in [0.717, 1.165) is 56.4 Å². The van der Waals surface area contributed by atoms with E-state index in [4.69, 9.17) is 24.5 Å². The van der Waals surface area contributed by atoms with Crippen molar-refractivity contribution in [1.82, 2.24) is 15.0 Å². The summed E-state index contributed by atoms with van der Waals surface area (Å²) < 4.78 is 11.2. The number of aromatic nitrogens is 3. The van der Waals surface area contributed by atoms with Crippen LogP contribution in [0.3, 0.4) is 0 Å². The van der Waals surface area contributed by atoms with E-state index in [0.29, 0.717) is 0 Å². The number of carboxylic acid groups (broad SMARTS) is 1. The number of carboxylic acids is 1. The molecule has 0 fully saturated rings. The summed E-state index contributed by atoms with van der Waals surface area (Å²) in [6, 6.07) is 41.8. The van der Waals surface area contributed by atoms with Gasteiger partial charge >= 0.3 is 5.97 Å². The van der Waals surface area contributed by atoms with Gasteiger partial charge in [-0.2, -0.15) is 6.07 Å². The summed E-state index contributed by atoms with van der Waals surface area (Å²) in [6.07, 6.45) is 3.28. The van der Waals surface area contributed by atoms with Crippen molar-refractivity contribution >= 4 is 5.97 Å². The Morgan fingerprint density at radius 1 is 0.756 bits per heavy atom. The average molecular weight is 770 g/mol. The van der Waals surface area contributed by atoms with E-state index in [1.807, 2.05) is 66.9 Å². The van der Waals surface area contributed by atoms with Gasteiger partial charge in [-0.05, 0) is 53.7 Å². The maximum absolute atomic E-state index is 10.1. The number of hydrogen-bond donors (Lipinski definition) is 1. The van der Waals surface area contributed by atoms with Crippen LogP contribution in [0.2, 0.25) is 0 Å². The molecule has 0 amide bonds. The van der Waals surface area contributed by atoms with Crippen LogP contribution in [0.5, 0.6) is 11.5 Å². The Labute approximate surface area is 274 Å². The van der Waals surface area contributed by atoms with Crippen molar-refractivity contribution in [2.24, 2.45) is 0 Å². The maximum atomic E-state index is 10.1. The molecule has 1 aliphatic rings. The van der Waals surface area contributed by atoms with Crippen LogP contribution in [-0.2, 0) is 25.5 Å². The summed E-state index contributed by atoms with van der Waals surface area (Å²) in [4.78, 5) is 23.8. The normalized spacial score (nSPS) is 14.1. The Morgan fingerprint density at radius 3 is 2.13 bits per heavy atom. The van der Waals surface area contributed by atoms with Crippen LogP contribution in [0.15, 0.2) is 122 Å². The number of fused-ring (bicyclic) bond motifs is 3. The molecule has 0 saturated carbocycles. The SMILES string of the molecule is COc1c[c-]c2c(c1)-c1cc(OC)ccc1[C@]2(c1ccccn1)c1cccc(-c2[c-]cccc2)n1.O=C(O)c1ccccn1.[Ir]. The predicted octanol–water partition coefficient (Wildman–Crippen LogP) is 6.90. The van der Waals surface area contributed by atoms with Gasteiger partial charge in [-0.25, -0.2) is 9.78 Å². The molecule has 1 aliphatic carbocycles. The maximum Gasteiger partial charge on any atom is 0.354 e. The van der Waals surface area contributed by atoms with Crippen molar-refractivity contribution in [3.63, 3.8) is 0 Å². The van der Waals surface area contributed by atoms with Crippen LogP contribution >= 0.6 is 0 Å². The zero-order valence-corrected chi connectivity index (χ0v) is 26.8. The molecule has 3 aromatic carbocycles. The number of carbonyl (C=O) groups is 1. The van der Waals surface area contributed by atoms with Gasteiger partial charge in [0.1, 0.15) is 11.4 Å². The first-order chi connectivity index (χ1) is 21.6. The zero-order valence-electron chi connectivity index (χ0n) is 24.4. The molecule has 0 saturated heterocycles. The van der Waals surface area contributed by atoms with Gasteiger partial charge in [0.2, 0.25) is 0 Å². The zero-order chi connectivity index (χ0) is 30.5. The summed E-state index contributed by atoms with van der Waals surface area (Å²) in [6.45, 7) is 0. The van der Waals surface area contributed by atoms with Gasteiger partial charge in [-0.15, -0.1) is 59.2 Å². The minimum atomic E-state index is -0.990. The number of pyridine rings is 3. The van der Waals surface area contributed by atoms with E-state index in [1.165, 1.54) is 12.3 Å². The fourth-order valence-corrected chi connectivity index (χ4v) is 5.54. The van der Waals surface area contributed by atoms with E-state index in [9.17, 15) is 4.79 Å². The first kappa shape index (κ1) is 31.3. The smallest absolute Gasteiger partial charge is 0.354 e. The standard InChI is InChI=1S/C31H22N2O2.C6H5NO2.Ir/c1-34-22-14-16-26-24(19-22)25-20-23(35-2)15-17-27(25)31(26,29-12-6-7-18-32-29)30-13-8-11-28(33-30)21-9-4-3-5-10-21;8-6(9)5-3-1-2-4-7-5;/h3-9,11-16,18-20H,1-2H3;1-4H,(H,8,9);/q-2;;/t31-;;/m0../s1. The van der Waals surface area contributed by atoms with E-state index in [1.54, 1.807) is 26.4 Å². The summed E-state index contributed by atoms with van der Waals surface area (Å²) in [7, 11) is 3.35. The molecule has 225 valence electrons. The molecule has 0 aliphatic heterocycles. The van der Waals surface area contributed by atoms with Gasteiger partial charge in [0, 0.05) is 43.9 Å². The quantitative estimate of drug-likeness (QED) is 0.184. The topological polar surface area (TPSA) is 94.4 Å². The second kappa shape index (κ2) is 13.6. The summed E-state index contributed by atoms with van der Waals surface area (Å²) in [5, 5.41) is 8.32. The Morgan fingerprint density at radius 2 is 1.49 bits per heavy atom. The largest absolute Gasteiger partial charge is 0.554 e. The fourth-order valence-electron chi connectivity index (χ4n) is 5.54. The molecule has 7 rings (SSSR count). The molecule has 1 atom stereocenters. The van der Waals surface area contributed by atoms with E-state index < -0.39 is 11.4 Å². The predicted molar refractivity (Wildman–Crippen MR) is 167 cm³/mol. The number of nitrogens with zero attached hydrogens (tertiary/aromatic N) is 3. The third-order valence-corrected chi connectivity index (χ3v) is 7.50. The van der Waals surface area contributed by atoms with E-state index in [-0.39, 0.29) is 25.8 Å². The van der Waals surface area contributed by atoms with Crippen LogP contribution in [-0.4, -0.2) is 40.2 Å². The van der Waals surface area contributed by atoms with Crippen molar-refractivity contribution in [2.45, 2.75) is 5.41 Å². The number of ether oxygens (including phenoxy) is 2. The van der Waals surface area contributed by atoms with Gasteiger partial charge in [-0.3, -0.25) is 9.97 Å². The molecular formula is C37H27IrN3O4-2. The van der Waals surface area contributed by atoms with Crippen molar-refractivity contribution in [2.75, 3.05) is 14.2 Å². The summed E-state index contributed by atoms with van der Waals surface area (Å²) in [5.74, 6) is 0.542.